The van der Waals surface area contributed by atoms with E-state index in [1.807, 2.05) is 30.3 Å². The summed E-state index contributed by atoms with van der Waals surface area (Å²) < 4.78 is 5.52. The van der Waals surface area contributed by atoms with Crippen LogP contribution in [-0.2, 0) is 11.2 Å². The Hall–Kier alpha value is -2.62. The van der Waals surface area contributed by atoms with Crippen LogP contribution >= 0.6 is 0 Å². The van der Waals surface area contributed by atoms with E-state index >= 15 is 0 Å². The maximum atomic E-state index is 12.3. The van der Waals surface area contributed by atoms with E-state index in [0.717, 1.165) is 5.56 Å². The third-order valence-corrected chi connectivity index (χ3v) is 3.22. The van der Waals surface area contributed by atoms with E-state index in [1.54, 1.807) is 26.0 Å². The second kappa shape index (κ2) is 6.43. The molecule has 1 N–H and O–H groups in total. The molecule has 4 heteroatoms. The van der Waals surface area contributed by atoms with Crippen LogP contribution in [0, 0.1) is 0 Å². The molecule has 0 heterocycles. The first-order valence-electron chi connectivity index (χ1n) is 6.99. The van der Waals surface area contributed by atoms with Crippen LogP contribution in [0.5, 0.6) is 0 Å². The summed E-state index contributed by atoms with van der Waals surface area (Å²) in [5, 5.41) is 9.14. The summed E-state index contributed by atoms with van der Waals surface area (Å²) >= 11 is 0. The number of esters is 1. The van der Waals surface area contributed by atoms with Crippen molar-refractivity contribution in [3.05, 3.63) is 71.3 Å². The van der Waals surface area contributed by atoms with Crippen molar-refractivity contribution < 1.29 is 19.4 Å². The molecule has 0 bridgehead atoms. The largest absolute Gasteiger partial charge is 0.478 e. The minimum atomic E-state index is -1.14. The molecule has 0 atom stereocenters. The highest BCUT2D eigenvalue weighted by molar-refractivity contribution is 6.02. The Bertz CT molecular complexity index is 674. The Morgan fingerprint density at radius 1 is 0.955 bits per heavy atom. The maximum absolute atomic E-state index is 12.3. The average molecular weight is 298 g/mol. The highest BCUT2D eigenvalue weighted by atomic mass is 16.6. The lowest BCUT2D eigenvalue weighted by Crippen LogP contribution is -2.31. The Morgan fingerprint density at radius 3 is 2.09 bits per heavy atom. The van der Waals surface area contributed by atoms with Crippen LogP contribution < -0.4 is 0 Å². The van der Waals surface area contributed by atoms with Crippen LogP contribution in [-0.4, -0.2) is 22.6 Å². The second-order valence-corrected chi connectivity index (χ2v) is 5.66. The maximum Gasteiger partial charge on any atom is 0.339 e. The summed E-state index contributed by atoms with van der Waals surface area (Å²) in [5.41, 5.74) is 0.329. The van der Waals surface area contributed by atoms with E-state index in [1.165, 1.54) is 12.1 Å². The summed E-state index contributed by atoms with van der Waals surface area (Å²) in [5.74, 6) is -1.77. The molecule has 2 rings (SSSR count). The highest BCUT2D eigenvalue weighted by Gasteiger charge is 2.26. The molecule has 0 radical (unpaired) electrons. The number of carboxylic acid groups (broad SMARTS) is 1. The molecule has 22 heavy (non-hydrogen) atoms. The number of hydrogen-bond acceptors (Lipinski definition) is 3. The first-order valence-corrected chi connectivity index (χ1v) is 6.99. The predicted molar refractivity (Wildman–Crippen MR) is 83.0 cm³/mol. The number of aromatic carboxylic acids is 1. The molecule has 0 aliphatic carbocycles. The molecule has 114 valence electrons. The van der Waals surface area contributed by atoms with Crippen molar-refractivity contribution >= 4 is 11.9 Å². The van der Waals surface area contributed by atoms with Crippen molar-refractivity contribution in [1.29, 1.82) is 0 Å². The van der Waals surface area contributed by atoms with Crippen LogP contribution in [0.1, 0.15) is 40.1 Å². The molecule has 0 fully saturated rings. The van der Waals surface area contributed by atoms with Gasteiger partial charge in [0.15, 0.2) is 0 Å². The van der Waals surface area contributed by atoms with Crippen LogP contribution in [0.25, 0.3) is 0 Å². The third kappa shape index (κ3) is 3.95. The Morgan fingerprint density at radius 2 is 1.50 bits per heavy atom. The van der Waals surface area contributed by atoms with Gasteiger partial charge in [-0.05, 0) is 31.5 Å². The van der Waals surface area contributed by atoms with Gasteiger partial charge in [-0.1, -0.05) is 42.5 Å². The number of carbonyl (C=O) groups is 2. The lowest BCUT2D eigenvalue weighted by Gasteiger charge is -2.25. The van der Waals surface area contributed by atoms with Gasteiger partial charge in [-0.2, -0.15) is 0 Å². The minimum Gasteiger partial charge on any atom is -0.478 e. The zero-order valence-electron chi connectivity index (χ0n) is 12.6. The van der Waals surface area contributed by atoms with Crippen molar-refractivity contribution in [3.63, 3.8) is 0 Å². The molecule has 0 spiro atoms. The molecule has 2 aromatic carbocycles. The average Bonchev–Trinajstić information content (AvgIpc) is 2.47. The molecular weight excluding hydrogens is 280 g/mol. The van der Waals surface area contributed by atoms with Crippen LogP contribution in [0.15, 0.2) is 54.6 Å². The Kier molecular flexibility index (Phi) is 4.61. The Labute approximate surface area is 129 Å². The van der Waals surface area contributed by atoms with Crippen LogP contribution in [0.3, 0.4) is 0 Å². The van der Waals surface area contributed by atoms with Crippen molar-refractivity contribution in [2.75, 3.05) is 0 Å². The van der Waals surface area contributed by atoms with Crippen molar-refractivity contribution in [3.8, 4) is 0 Å². The molecule has 0 amide bonds. The predicted octanol–water partition coefficient (Wildman–Crippen LogP) is 3.56. The quantitative estimate of drug-likeness (QED) is 0.857. The molecule has 0 unspecified atom stereocenters. The topological polar surface area (TPSA) is 63.6 Å². The highest BCUT2D eigenvalue weighted by Crippen LogP contribution is 2.20. The van der Waals surface area contributed by atoms with Gasteiger partial charge < -0.3 is 9.84 Å². The normalized spacial score (nSPS) is 11.0. The number of rotatable bonds is 5. The number of hydrogen-bond donors (Lipinski definition) is 1. The summed E-state index contributed by atoms with van der Waals surface area (Å²) in [7, 11) is 0. The standard InChI is InChI=1S/C18H18O4/c1-18(2,12-13-8-4-3-5-9-13)22-17(21)15-11-7-6-10-14(15)16(19)20/h3-11H,12H2,1-2H3,(H,19,20). The van der Waals surface area contributed by atoms with Crippen LogP contribution in [0.2, 0.25) is 0 Å². The lowest BCUT2D eigenvalue weighted by molar-refractivity contribution is -0.000971. The molecule has 2 aromatic rings. The summed E-state index contributed by atoms with van der Waals surface area (Å²) in [4.78, 5) is 23.5. The first kappa shape index (κ1) is 15.8. The van der Waals surface area contributed by atoms with Gasteiger partial charge in [-0.15, -0.1) is 0 Å². The molecule has 0 saturated carbocycles. The smallest absolute Gasteiger partial charge is 0.339 e. The van der Waals surface area contributed by atoms with Gasteiger partial charge in [0.25, 0.3) is 0 Å². The van der Waals surface area contributed by atoms with E-state index in [9.17, 15) is 9.59 Å². The summed E-state index contributed by atoms with van der Waals surface area (Å²) in [6.07, 6.45) is 0.550. The van der Waals surface area contributed by atoms with Gasteiger partial charge in [0.2, 0.25) is 0 Å². The number of ether oxygens (including phenoxy) is 1. The second-order valence-electron chi connectivity index (χ2n) is 5.66. The zero-order valence-corrected chi connectivity index (χ0v) is 12.6. The summed E-state index contributed by atoms with van der Waals surface area (Å²) in [6.45, 7) is 3.61. The Balaban J connectivity index is 2.16. The van der Waals surface area contributed by atoms with E-state index in [-0.39, 0.29) is 11.1 Å². The minimum absolute atomic E-state index is 0.0528. The lowest BCUT2D eigenvalue weighted by atomic mass is 9.98. The van der Waals surface area contributed by atoms with Gasteiger partial charge >= 0.3 is 11.9 Å². The molecule has 0 aliphatic heterocycles. The summed E-state index contributed by atoms with van der Waals surface area (Å²) in [6, 6.07) is 15.7. The zero-order chi connectivity index (χ0) is 16.2. The number of carbonyl (C=O) groups excluding carboxylic acids is 1. The first-order chi connectivity index (χ1) is 10.4. The van der Waals surface area contributed by atoms with Gasteiger partial charge in [0.1, 0.15) is 5.60 Å². The van der Waals surface area contributed by atoms with E-state index in [2.05, 4.69) is 0 Å². The van der Waals surface area contributed by atoms with Crippen LogP contribution in [0.4, 0.5) is 0 Å². The molecule has 0 aliphatic rings. The fourth-order valence-electron chi connectivity index (χ4n) is 2.28. The number of benzene rings is 2. The van der Waals surface area contributed by atoms with E-state index in [0.29, 0.717) is 6.42 Å². The van der Waals surface area contributed by atoms with Gasteiger partial charge in [-0.25, -0.2) is 9.59 Å². The molecular formula is C18H18O4. The fourth-order valence-corrected chi connectivity index (χ4v) is 2.28. The van der Waals surface area contributed by atoms with E-state index in [4.69, 9.17) is 9.84 Å². The molecule has 4 nitrogen and oxygen atoms in total. The van der Waals surface area contributed by atoms with Gasteiger partial charge in [0.05, 0.1) is 11.1 Å². The molecule has 0 aromatic heterocycles. The van der Waals surface area contributed by atoms with Crippen molar-refractivity contribution in [2.45, 2.75) is 25.9 Å². The fraction of sp³-hybridized carbons (Fsp3) is 0.222. The molecule has 0 saturated heterocycles. The monoisotopic (exact) mass is 298 g/mol. The SMILES string of the molecule is CC(C)(Cc1ccccc1)OC(=O)c1ccccc1C(=O)O. The van der Waals surface area contributed by atoms with Gasteiger partial charge in [0, 0.05) is 6.42 Å². The van der Waals surface area contributed by atoms with Crippen molar-refractivity contribution in [1.82, 2.24) is 0 Å². The third-order valence-electron chi connectivity index (χ3n) is 3.22. The number of carboxylic acids is 1. The van der Waals surface area contributed by atoms with Gasteiger partial charge in [-0.3, -0.25) is 0 Å². The van der Waals surface area contributed by atoms with Crippen molar-refractivity contribution in [2.24, 2.45) is 0 Å². The van der Waals surface area contributed by atoms with E-state index < -0.39 is 17.5 Å².